The first-order chi connectivity index (χ1) is 4.57. The molecule has 0 aliphatic rings. The van der Waals surface area contributed by atoms with Crippen LogP contribution in [0.15, 0.2) is 0 Å². The fourth-order valence-electron chi connectivity index (χ4n) is 0.701. The van der Waals surface area contributed by atoms with Crippen LogP contribution in [0.1, 0.15) is 20.8 Å². The SMILES string of the molecule is CC(=O)[C@@H](CO)NC(C)C. The first kappa shape index (κ1) is 9.59. The molecule has 0 bridgehead atoms. The smallest absolute Gasteiger partial charge is 0.149 e. The minimum absolute atomic E-state index is 0.0174. The first-order valence-corrected chi connectivity index (χ1v) is 3.45. The highest BCUT2D eigenvalue weighted by molar-refractivity contribution is 5.81. The maximum absolute atomic E-state index is 10.7. The molecular weight excluding hydrogens is 130 g/mol. The number of carbonyl (C=O) groups is 1. The van der Waals surface area contributed by atoms with E-state index in [0.717, 1.165) is 0 Å². The maximum Gasteiger partial charge on any atom is 0.149 e. The van der Waals surface area contributed by atoms with Crippen molar-refractivity contribution >= 4 is 5.78 Å². The second-order valence-electron chi connectivity index (χ2n) is 2.67. The van der Waals surface area contributed by atoms with Gasteiger partial charge >= 0.3 is 0 Å². The number of carbonyl (C=O) groups excluding carboxylic acids is 1. The average Bonchev–Trinajstić information content (AvgIpc) is 1.81. The van der Waals surface area contributed by atoms with Crippen molar-refractivity contribution in [3.05, 3.63) is 0 Å². The molecule has 0 spiro atoms. The summed E-state index contributed by atoms with van der Waals surface area (Å²) in [6.45, 7) is 5.22. The molecule has 0 saturated carbocycles. The summed E-state index contributed by atoms with van der Waals surface area (Å²) in [5.74, 6) is -0.0174. The summed E-state index contributed by atoms with van der Waals surface area (Å²) < 4.78 is 0. The Morgan fingerprint density at radius 2 is 2.10 bits per heavy atom. The predicted octanol–water partition coefficient (Wildman–Crippen LogP) is -0.0657. The largest absolute Gasteiger partial charge is 0.394 e. The molecule has 0 unspecified atom stereocenters. The lowest BCUT2D eigenvalue weighted by atomic mass is 10.2. The predicted molar refractivity (Wildman–Crippen MR) is 39.8 cm³/mol. The Balaban J connectivity index is 3.72. The van der Waals surface area contributed by atoms with Crippen LogP contribution < -0.4 is 5.32 Å². The topological polar surface area (TPSA) is 49.3 Å². The lowest BCUT2D eigenvalue weighted by Crippen LogP contribution is -2.42. The molecular formula is C7H15NO2. The summed E-state index contributed by atoms with van der Waals surface area (Å²) in [5.41, 5.74) is 0. The Morgan fingerprint density at radius 1 is 1.60 bits per heavy atom. The highest BCUT2D eigenvalue weighted by Crippen LogP contribution is 1.87. The zero-order valence-corrected chi connectivity index (χ0v) is 6.72. The van der Waals surface area contributed by atoms with E-state index < -0.39 is 0 Å². The van der Waals surface area contributed by atoms with E-state index in [2.05, 4.69) is 5.32 Å². The van der Waals surface area contributed by atoms with Gasteiger partial charge in [0.15, 0.2) is 0 Å². The molecule has 0 saturated heterocycles. The van der Waals surface area contributed by atoms with E-state index in [-0.39, 0.29) is 24.5 Å². The van der Waals surface area contributed by atoms with Crippen LogP contribution in [0.5, 0.6) is 0 Å². The second-order valence-corrected chi connectivity index (χ2v) is 2.67. The molecule has 1 atom stereocenters. The molecule has 2 N–H and O–H groups in total. The van der Waals surface area contributed by atoms with Gasteiger partial charge in [0.2, 0.25) is 0 Å². The molecule has 10 heavy (non-hydrogen) atoms. The fraction of sp³-hybridized carbons (Fsp3) is 0.857. The number of nitrogens with one attached hydrogen (secondary N) is 1. The molecule has 0 rings (SSSR count). The third-order valence-electron chi connectivity index (χ3n) is 1.21. The van der Waals surface area contributed by atoms with Gasteiger partial charge in [-0.15, -0.1) is 0 Å². The number of aliphatic hydroxyl groups excluding tert-OH is 1. The number of hydrogen-bond donors (Lipinski definition) is 2. The molecule has 0 aromatic carbocycles. The van der Waals surface area contributed by atoms with Crippen LogP contribution >= 0.6 is 0 Å². The zero-order chi connectivity index (χ0) is 8.15. The summed E-state index contributed by atoms with van der Waals surface area (Å²) in [6.07, 6.45) is 0. The third kappa shape index (κ3) is 3.58. The molecule has 0 radical (unpaired) electrons. The van der Waals surface area contributed by atoms with Gasteiger partial charge in [-0.25, -0.2) is 0 Å². The van der Waals surface area contributed by atoms with E-state index in [4.69, 9.17) is 5.11 Å². The molecule has 0 aliphatic carbocycles. The van der Waals surface area contributed by atoms with Crippen molar-refractivity contribution in [2.24, 2.45) is 0 Å². The van der Waals surface area contributed by atoms with Gasteiger partial charge in [-0.05, 0) is 6.92 Å². The average molecular weight is 145 g/mol. The monoisotopic (exact) mass is 145 g/mol. The third-order valence-corrected chi connectivity index (χ3v) is 1.21. The van der Waals surface area contributed by atoms with E-state index >= 15 is 0 Å². The molecule has 0 aromatic rings. The van der Waals surface area contributed by atoms with Gasteiger partial charge in [-0.1, -0.05) is 13.8 Å². The van der Waals surface area contributed by atoms with Crippen LogP contribution in [0, 0.1) is 0 Å². The lowest BCUT2D eigenvalue weighted by Gasteiger charge is -2.15. The summed E-state index contributed by atoms with van der Waals surface area (Å²) in [6, 6.07) is -0.152. The minimum atomic E-state index is -0.389. The maximum atomic E-state index is 10.7. The second kappa shape index (κ2) is 4.41. The highest BCUT2D eigenvalue weighted by atomic mass is 16.3. The Hall–Kier alpha value is -0.410. The van der Waals surface area contributed by atoms with Gasteiger partial charge in [0, 0.05) is 6.04 Å². The van der Waals surface area contributed by atoms with Crippen molar-refractivity contribution in [3.8, 4) is 0 Å². The van der Waals surface area contributed by atoms with Crippen LogP contribution in [0.4, 0.5) is 0 Å². The Morgan fingerprint density at radius 3 is 2.20 bits per heavy atom. The highest BCUT2D eigenvalue weighted by Gasteiger charge is 2.12. The number of Topliss-reactive ketones (excluding diaryl/α,β-unsaturated/α-hetero) is 1. The number of rotatable bonds is 4. The van der Waals surface area contributed by atoms with E-state index in [9.17, 15) is 4.79 Å². The molecule has 60 valence electrons. The van der Waals surface area contributed by atoms with E-state index in [0.29, 0.717) is 0 Å². The Bertz CT molecular complexity index is 112. The van der Waals surface area contributed by atoms with Crippen molar-refractivity contribution in [2.75, 3.05) is 6.61 Å². The van der Waals surface area contributed by atoms with E-state index in [1.165, 1.54) is 6.92 Å². The molecule has 0 amide bonds. The number of ketones is 1. The van der Waals surface area contributed by atoms with E-state index in [1.807, 2.05) is 13.8 Å². The number of hydrogen-bond acceptors (Lipinski definition) is 3. The normalized spacial score (nSPS) is 13.7. The molecule has 3 nitrogen and oxygen atoms in total. The van der Waals surface area contributed by atoms with Gasteiger partial charge < -0.3 is 10.4 Å². The first-order valence-electron chi connectivity index (χ1n) is 3.45. The Kier molecular flexibility index (Phi) is 4.23. The van der Waals surface area contributed by atoms with Crippen LogP contribution in [0.3, 0.4) is 0 Å². The molecule has 0 heterocycles. The van der Waals surface area contributed by atoms with Gasteiger partial charge in [0.1, 0.15) is 5.78 Å². The standard InChI is InChI=1S/C7H15NO2/c1-5(2)8-7(4-9)6(3)10/h5,7-9H,4H2,1-3H3/t7-/m1/s1. The lowest BCUT2D eigenvalue weighted by molar-refractivity contribution is -0.120. The van der Waals surface area contributed by atoms with Crippen LogP contribution in [-0.2, 0) is 4.79 Å². The Labute approximate surface area is 61.4 Å². The van der Waals surface area contributed by atoms with Crippen LogP contribution in [-0.4, -0.2) is 29.6 Å². The van der Waals surface area contributed by atoms with Crippen molar-refractivity contribution in [1.82, 2.24) is 5.32 Å². The zero-order valence-electron chi connectivity index (χ0n) is 6.72. The molecule has 0 fully saturated rings. The summed E-state index contributed by atoms with van der Waals surface area (Å²) in [5, 5.41) is 11.6. The van der Waals surface area contributed by atoms with Gasteiger partial charge in [0.25, 0.3) is 0 Å². The van der Waals surface area contributed by atoms with Crippen molar-refractivity contribution in [2.45, 2.75) is 32.9 Å². The summed E-state index contributed by atoms with van der Waals surface area (Å²) in [7, 11) is 0. The van der Waals surface area contributed by atoms with Gasteiger partial charge in [-0.2, -0.15) is 0 Å². The molecule has 0 aromatic heterocycles. The van der Waals surface area contributed by atoms with Gasteiger partial charge in [-0.3, -0.25) is 4.79 Å². The van der Waals surface area contributed by atoms with Crippen molar-refractivity contribution in [3.63, 3.8) is 0 Å². The fourth-order valence-corrected chi connectivity index (χ4v) is 0.701. The van der Waals surface area contributed by atoms with E-state index in [1.54, 1.807) is 0 Å². The summed E-state index contributed by atoms with van der Waals surface area (Å²) >= 11 is 0. The summed E-state index contributed by atoms with van der Waals surface area (Å²) in [4.78, 5) is 10.7. The van der Waals surface area contributed by atoms with Crippen LogP contribution in [0.25, 0.3) is 0 Å². The molecule has 0 aliphatic heterocycles. The van der Waals surface area contributed by atoms with Crippen molar-refractivity contribution < 1.29 is 9.90 Å². The number of aliphatic hydroxyl groups is 1. The molecule has 3 heteroatoms. The minimum Gasteiger partial charge on any atom is -0.394 e. The van der Waals surface area contributed by atoms with Crippen LogP contribution in [0.2, 0.25) is 0 Å². The van der Waals surface area contributed by atoms with Crippen molar-refractivity contribution in [1.29, 1.82) is 0 Å². The quantitative estimate of drug-likeness (QED) is 0.582. The van der Waals surface area contributed by atoms with Gasteiger partial charge in [0.05, 0.1) is 12.6 Å².